The Hall–Kier alpha value is -2.21. The Kier molecular flexibility index (Phi) is 4.06. The topological polar surface area (TPSA) is 63.0 Å². The number of hydrogen-bond donors (Lipinski definition) is 1. The van der Waals surface area contributed by atoms with Crippen LogP contribution < -0.4 is 5.32 Å². The molecule has 0 atom stereocenters. The lowest BCUT2D eigenvalue weighted by Gasteiger charge is -2.29. The van der Waals surface area contributed by atoms with Crippen LogP contribution in [0.1, 0.15) is 35.1 Å². The van der Waals surface area contributed by atoms with Crippen molar-refractivity contribution in [3.63, 3.8) is 0 Å². The molecule has 0 bridgehead atoms. The zero-order chi connectivity index (χ0) is 16.5. The lowest BCUT2D eigenvalue weighted by Crippen LogP contribution is -2.32. The number of nitrogens with zero attached hydrogens (tertiary/aromatic N) is 4. The van der Waals surface area contributed by atoms with Crippen molar-refractivity contribution in [2.45, 2.75) is 38.9 Å². The van der Waals surface area contributed by atoms with Crippen molar-refractivity contribution in [1.82, 2.24) is 25.0 Å². The van der Waals surface area contributed by atoms with Crippen LogP contribution in [0.5, 0.6) is 0 Å². The summed E-state index contributed by atoms with van der Waals surface area (Å²) in [5, 5.41) is 7.30. The van der Waals surface area contributed by atoms with Gasteiger partial charge in [-0.15, -0.1) is 0 Å². The maximum absolute atomic E-state index is 11.9. The van der Waals surface area contributed by atoms with E-state index >= 15 is 0 Å². The molecule has 1 fully saturated rings. The van der Waals surface area contributed by atoms with Gasteiger partial charge in [0.05, 0.1) is 6.20 Å². The largest absolute Gasteiger partial charge is 0.352 e. The predicted molar refractivity (Wildman–Crippen MR) is 89.8 cm³/mol. The molecule has 6 nitrogen and oxygen atoms in total. The Labute approximate surface area is 141 Å². The Morgan fingerprint density at radius 1 is 1.33 bits per heavy atom. The number of nitrogens with one attached hydrogen (secondary N) is 1. The Morgan fingerprint density at radius 2 is 2.21 bits per heavy atom. The molecule has 2 aromatic heterocycles. The molecule has 126 valence electrons. The minimum atomic E-state index is 0.196. The number of carbonyl (C=O) groups is 1. The standard InChI is InChI=1S/C18H23N5O/c1-22-10-13(6-21-22)11-23-5-4-17-15(7-19-8-16(17)12-23)9-20-18(24)14-2-3-14/h6-8,10,14H,2-5,9,11-12H2,1H3,(H,20,24). The molecule has 1 aliphatic heterocycles. The summed E-state index contributed by atoms with van der Waals surface area (Å²) in [4.78, 5) is 18.7. The first-order chi connectivity index (χ1) is 11.7. The summed E-state index contributed by atoms with van der Waals surface area (Å²) in [6, 6.07) is 0. The summed E-state index contributed by atoms with van der Waals surface area (Å²) in [5.74, 6) is 0.453. The molecule has 0 radical (unpaired) electrons. The summed E-state index contributed by atoms with van der Waals surface area (Å²) in [6.45, 7) is 3.45. The lowest BCUT2D eigenvalue weighted by atomic mass is 9.97. The molecular weight excluding hydrogens is 302 g/mol. The van der Waals surface area contributed by atoms with Crippen LogP contribution in [0, 0.1) is 5.92 Å². The quantitative estimate of drug-likeness (QED) is 0.902. The van der Waals surface area contributed by atoms with Crippen LogP contribution in [0.4, 0.5) is 0 Å². The minimum Gasteiger partial charge on any atom is -0.352 e. The number of aryl methyl sites for hydroxylation is 1. The number of pyridine rings is 1. The van der Waals surface area contributed by atoms with E-state index in [4.69, 9.17) is 0 Å². The van der Waals surface area contributed by atoms with Gasteiger partial charge in [0.15, 0.2) is 0 Å². The first-order valence-corrected chi connectivity index (χ1v) is 8.61. The van der Waals surface area contributed by atoms with Gasteiger partial charge in [-0.25, -0.2) is 0 Å². The number of amides is 1. The van der Waals surface area contributed by atoms with Crippen molar-refractivity contribution >= 4 is 5.91 Å². The van der Waals surface area contributed by atoms with Gasteiger partial charge in [0, 0.05) is 63.3 Å². The molecule has 6 heteroatoms. The van der Waals surface area contributed by atoms with Crippen LogP contribution >= 0.6 is 0 Å². The van der Waals surface area contributed by atoms with E-state index in [9.17, 15) is 4.79 Å². The van der Waals surface area contributed by atoms with E-state index in [0.29, 0.717) is 6.54 Å². The predicted octanol–water partition coefficient (Wildman–Crippen LogP) is 1.40. The molecule has 0 saturated heterocycles. The summed E-state index contributed by atoms with van der Waals surface area (Å²) < 4.78 is 1.84. The third kappa shape index (κ3) is 3.33. The van der Waals surface area contributed by atoms with Gasteiger partial charge in [-0.3, -0.25) is 19.4 Å². The van der Waals surface area contributed by atoms with E-state index < -0.39 is 0 Å². The van der Waals surface area contributed by atoms with Gasteiger partial charge in [0.1, 0.15) is 0 Å². The van der Waals surface area contributed by atoms with Crippen LogP contribution in [-0.2, 0) is 37.9 Å². The van der Waals surface area contributed by atoms with E-state index in [0.717, 1.165) is 38.9 Å². The highest BCUT2D eigenvalue weighted by atomic mass is 16.2. The number of fused-ring (bicyclic) bond motifs is 1. The third-order valence-corrected chi connectivity index (χ3v) is 4.87. The van der Waals surface area contributed by atoms with Gasteiger partial charge < -0.3 is 5.32 Å². The van der Waals surface area contributed by atoms with Gasteiger partial charge >= 0.3 is 0 Å². The molecule has 1 amide bonds. The monoisotopic (exact) mass is 325 g/mol. The first kappa shape index (κ1) is 15.3. The highest BCUT2D eigenvalue weighted by Gasteiger charge is 2.29. The van der Waals surface area contributed by atoms with Crippen LogP contribution in [0.3, 0.4) is 0 Å². The first-order valence-electron chi connectivity index (χ1n) is 8.61. The maximum atomic E-state index is 11.9. The van der Waals surface area contributed by atoms with Crippen molar-refractivity contribution in [2.24, 2.45) is 13.0 Å². The van der Waals surface area contributed by atoms with Crippen molar-refractivity contribution in [3.8, 4) is 0 Å². The molecule has 24 heavy (non-hydrogen) atoms. The Bertz CT molecular complexity index is 750. The maximum Gasteiger partial charge on any atom is 0.223 e. The zero-order valence-corrected chi connectivity index (χ0v) is 14.0. The molecule has 0 unspecified atom stereocenters. The van der Waals surface area contributed by atoms with Gasteiger partial charge in [-0.2, -0.15) is 5.10 Å². The second kappa shape index (κ2) is 6.36. The van der Waals surface area contributed by atoms with E-state index in [1.54, 1.807) is 0 Å². The average Bonchev–Trinajstić information content (AvgIpc) is 3.36. The summed E-state index contributed by atoms with van der Waals surface area (Å²) in [6.07, 6.45) is 11.0. The van der Waals surface area contributed by atoms with Gasteiger partial charge in [-0.1, -0.05) is 0 Å². The number of aromatic nitrogens is 3. The molecule has 2 aromatic rings. The van der Waals surface area contributed by atoms with E-state index in [-0.39, 0.29) is 11.8 Å². The molecule has 0 spiro atoms. The fourth-order valence-corrected chi connectivity index (χ4v) is 3.40. The molecule has 1 saturated carbocycles. The highest BCUT2D eigenvalue weighted by molar-refractivity contribution is 5.80. The molecule has 2 aliphatic rings. The fraction of sp³-hybridized carbons (Fsp3) is 0.500. The lowest BCUT2D eigenvalue weighted by molar-refractivity contribution is -0.122. The molecule has 4 rings (SSSR count). The number of hydrogen-bond acceptors (Lipinski definition) is 4. The molecular formula is C18H23N5O. The Morgan fingerprint density at radius 3 is 2.96 bits per heavy atom. The normalized spacial score (nSPS) is 17.5. The highest BCUT2D eigenvalue weighted by Crippen LogP contribution is 2.29. The average molecular weight is 325 g/mol. The van der Waals surface area contributed by atoms with Crippen molar-refractivity contribution in [2.75, 3.05) is 6.54 Å². The second-order valence-electron chi connectivity index (χ2n) is 6.91. The third-order valence-electron chi connectivity index (χ3n) is 4.87. The summed E-state index contributed by atoms with van der Waals surface area (Å²) in [7, 11) is 1.95. The molecule has 0 aromatic carbocycles. The van der Waals surface area contributed by atoms with Gasteiger partial charge in [-0.05, 0) is 36.0 Å². The van der Waals surface area contributed by atoms with E-state index in [1.807, 2.05) is 30.3 Å². The number of rotatable bonds is 5. The van der Waals surface area contributed by atoms with Crippen LogP contribution in [0.25, 0.3) is 0 Å². The van der Waals surface area contributed by atoms with Crippen molar-refractivity contribution in [1.29, 1.82) is 0 Å². The van der Waals surface area contributed by atoms with Crippen LogP contribution in [0.2, 0.25) is 0 Å². The zero-order valence-electron chi connectivity index (χ0n) is 14.0. The SMILES string of the molecule is Cn1cc(CN2CCc3c(CNC(=O)C4CC4)cncc3C2)cn1. The van der Waals surface area contributed by atoms with Crippen molar-refractivity contribution in [3.05, 3.63) is 47.0 Å². The van der Waals surface area contributed by atoms with Crippen molar-refractivity contribution < 1.29 is 4.79 Å². The second-order valence-corrected chi connectivity index (χ2v) is 6.91. The number of carbonyl (C=O) groups excluding carboxylic acids is 1. The van der Waals surface area contributed by atoms with Crippen LogP contribution in [-0.4, -0.2) is 32.1 Å². The molecule has 3 heterocycles. The van der Waals surface area contributed by atoms with E-state index in [1.165, 1.54) is 22.3 Å². The molecule has 1 aliphatic carbocycles. The van der Waals surface area contributed by atoms with Gasteiger partial charge in [0.2, 0.25) is 5.91 Å². The minimum absolute atomic E-state index is 0.196. The fourth-order valence-electron chi connectivity index (χ4n) is 3.40. The van der Waals surface area contributed by atoms with Crippen LogP contribution in [0.15, 0.2) is 24.8 Å². The Balaban J connectivity index is 1.42. The van der Waals surface area contributed by atoms with E-state index in [2.05, 4.69) is 26.5 Å². The van der Waals surface area contributed by atoms with Gasteiger partial charge in [0.25, 0.3) is 0 Å². The molecule has 1 N–H and O–H groups in total. The smallest absolute Gasteiger partial charge is 0.223 e. The summed E-state index contributed by atoms with van der Waals surface area (Å²) in [5.41, 5.74) is 5.05. The summed E-state index contributed by atoms with van der Waals surface area (Å²) >= 11 is 0.